The minimum absolute atomic E-state index is 0.0774. The van der Waals surface area contributed by atoms with Gasteiger partial charge in [0.05, 0.1) is 7.05 Å². The molecule has 24 heavy (non-hydrogen) atoms. The first-order valence-corrected chi connectivity index (χ1v) is 8.44. The van der Waals surface area contributed by atoms with Crippen LogP contribution in [0.5, 0.6) is 0 Å². The Morgan fingerprint density at radius 1 is 1.17 bits per heavy atom. The van der Waals surface area contributed by atoms with Gasteiger partial charge in [-0.2, -0.15) is 0 Å². The van der Waals surface area contributed by atoms with Crippen molar-refractivity contribution in [1.82, 2.24) is 0 Å². The van der Waals surface area contributed by atoms with E-state index in [-0.39, 0.29) is 11.9 Å². The van der Waals surface area contributed by atoms with Gasteiger partial charge in [0, 0.05) is 21.3 Å². The topological polar surface area (TPSA) is 76.6 Å². The molecule has 5 nitrogen and oxygen atoms in total. The molecule has 0 heterocycles. The van der Waals surface area contributed by atoms with Crippen LogP contribution in [0.25, 0.3) is 0 Å². The van der Waals surface area contributed by atoms with E-state index in [1.165, 1.54) is 0 Å². The first-order valence-electron chi connectivity index (χ1n) is 7.65. The zero-order chi connectivity index (χ0) is 17.7. The summed E-state index contributed by atoms with van der Waals surface area (Å²) in [5.41, 5.74) is 7.42. The Hall–Kier alpha value is -2.18. The van der Waals surface area contributed by atoms with E-state index in [1.54, 1.807) is 24.3 Å². The third-order valence-corrected chi connectivity index (χ3v) is 4.77. The molecule has 2 aromatic rings. The minimum atomic E-state index is -0.487. The van der Waals surface area contributed by atoms with Crippen molar-refractivity contribution < 1.29 is 14.5 Å². The van der Waals surface area contributed by atoms with E-state index in [0.717, 1.165) is 21.5 Å². The summed E-state index contributed by atoms with van der Waals surface area (Å²) in [6.07, 6.45) is 0. The van der Waals surface area contributed by atoms with Crippen LogP contribution in [0, 0.1) is 0 Å². The fourth-order valence-electron chi connectivity index (χ4n) is 2.29. The Kier molecular flexibility index (Phi) is 6.11. The molecule has 0 aromatic heterocycles. The summed E-state index contributed by atoms with van der Waals surface area (Å²) in [5, 5.41) is 2.87. The molecule has 2 atom stereocenters. The Morgan fingerprint density at radius 2 is 1.79 bits per heavy atom. The number of halogens is 1. The van der Waals surface area contributed by atoms with E-state index in [1.807, 2.05) is 38.2 Å². The van der Waals surface area contributed by atoms with Gasteiger partial charge < -0.3 is 16.0 Å². The molecule has 2 amide bonds. The molecule has 1 unspecified atom stereocenters. The second-order valence-corrected chi connectivity index (χ2v) is 6.62. The number of carbonyl (C=O) groups excluding carboxylic acids is 2. The van der Waals surface area contributed by atoms with Crippen molar-refractivity contribution in [3.05, 3.63) is 64.1 Å². The first-order chi connectivity index (χ1) is 11.4. The van der Waals surface area contributed by atoms with E-state index >= 15 is 0 Å². The van der Waals surface area contributed by atoms with Crippen LogP contribution in [0.4, 0.5) is 5.69 Å². The number of nitrogens with one attached hydrogen (secondary N) is 2. The third-order valence-electron chi connectivity index (χ3n) is 4.00. The van der Waals surface area contributed by atoms with Crippen LogP contribution >= 0.6 is 15.9 Å². The van der Waals surface area contributed by atoms with Crippen molar-refractivity contribution in [2.75, 3.05) is 12.4 Å². The number of benzene rings is 2. The Labute approximate surface area is 150 Å². The number of amides is 2. The molecule has 0 bridgehead atoms. The molecule has 2 rings (SSSR count). The van der Waals surface area contributed by atoms with Crippen LogP contribution < -0.4 is 16.0 Å². The molecule has 0 aliphatic heterocycles. The SMILES string of the molecule is C[C@@H](C(=O)Nc1ccc(C(N)=O)cc1)[NH+](C)Cc1ccccc1Br. The summed E-state index contributed by atoms with van der Waals surface area (Å²) >= 11 is 3.53. The van der Waals surface area contributed by atoms with Crippen LogP contribution in [0.15, 0.2) is 53.0 Å². The summed E-state index contributed by atoms with van der Waals surface area (Å²) in [4.78, 5) is 24.6. The number of rotatable bonds is 6. The van der Waals surface area contributed by atoms with Gasteiger partial charge in [-0.1, -0.05) is 34.1 Å². The van der Waals surface area contributed by atoms with Crippen molar-refractivity contribution in [3.63, 3.8) is 0 Å². The standard InChI is InChI=1S/C18H20BrN3O2/c1-12(22(2)11-14-5-3-4-6-16(14)19)18(24)21-15-9-7-13(8-10-15)17(20)23/h3-10,12H,11H2,1-2H3,(H2,20,23)(H,21,24)/p+1/t12-/m0/s1. The number of primary amides is 1. The highest BCUT2D eigenvalue weighted by molar-refractivity contribution is 9.10. The molecule has 0 aliphatic rings. The molecule has 4 N–H and O–H groups in total. The van der Waals surface area contributed by atoms with Crippen molar-refractivity contribution in [2.45, 2.75) is 19.5 Å². The molecule has 0 spiro atoms. The van der Waals surface area contributed by atoms with Crippen molar-refractivity contribution in [3.8, 4) is 0 Å². The number of carbonyl (C=O) groups is 2. The lowest BCUT2D eigenvalue weighted by Gasteiger charge is -2.21. The Bertz CT molecular complexity index is 731. The number of hydrogen-bond acceptors (Lipinski definition) is 2. The second kappa shape index (κ2) is 8.08. The Balaban J connectivity index is 1.98. The first kappa shape index (κ1) is 18.2. The van der Waals surface area contributed by atoms with Gasteiger partial charge in [0.2, 0.25) is 5.91 Å². The van der Waals surface area contributed by atoms with Gasteiger partial charge in [0.1, 0.15) is 6.54 Å². The van der Waals surface area contributed by atoms with Gasteiger partial charge in [0.15, 0.2) is 6.04 Å². The van der Waals surface area contributed by atoms with Gasteiger partial charge in [-0.3, -0.25) is 9.59 Å². The molecule has 0 fully saturated rings. The molecule has 0 saturated carbocycles. The van der Waals surface area contributed by atoms with Crippen molar-refractivity contribution in [1.29, 1.82) is 0 Å². The predicted molar refractivity (Wildman–Crippen MR) is 97.8 cm³/mol. The highest BCUT2D eigenvalue weighted by Gasteiger charge is 2.22. The number of likely N-dealkylation sites (N-methyl/N-ethyl adjacent to an activating group) is 1. The average Bonchev–Trinajstić information content (AvgIpc) is 2.56. The lowest BCUT2D eigenvalue weighted by molar-refractivity contribution is -0.907. The fraction of sp³-hybridized carbons (Fsp3) is 0.222. The molecule has 6 heteroatoms. The van der Waals surface area contributed by atoms with Crippen LogP contribution in [0.1, 0.15) is 22.8 Å². The van der Waals surface area contributed by atoms with Gasteiger partial charge in [-0.05, 0) is 37.3 Å². The van der Waals surface area contributed by atoms with E-state index in [4.69, 9.17) is 5.73 Å². The number of nitrogens with two attached hydrogens (primary N) is 1. The minimum Gasteiger partial charge on any atom is -0.366 e. The van der Waals surface area contributed by atoms with Crippen molar-refractivity contribution in [2.24, 2.45) is 5.73 Å². The zero-order valence-electron chi connectivity index (χ0n) is 13.7. The summed E-state index contributed by atoms with van der Waals surface area (Å²) in [6, 6.07) is 14.3. The lowest BCUT2D eigenvalue weighted by Crippen LogP contribution is -3.12. The smallest absolute Gasteiger partial charge is 0.282 e. The number of anilines is 1. The second-order valence-electron chi connectivity index (χ2n) is 5.77. The van der Waals surface area contributed by atoms with E-state index in [9.17, 15) is 9.59 Å². The predicted octanol–water partition coefficient (Wildman–Crippen LogP) is 1.59. The number of quaternary nitrogens is 1. The van der Waals surface area contributed by atoms with Crippen LogP contribution in [-0.4, -0.2) is 24.9 Å². The van der Waals surface area contributed by atoms with Gasteiger partial charge in [-0.15, -0.1) is 0 Å². The molecular formula is C18H21BrN3O2+. The van der Waals surface area contributed by atoms with E-state index < -0.39 is 5.91 Å². The average molecular weight is 391 g/mol. The van der Waals surface area contributed by atoms with Crippen LogP contribution in [0.3, 0.4) is 0 Å². The third kappa shape index (κ3) is 4.66. The summed E-state index contributed by atoms with van der Waals surface area (Å²) in [6.45, 7) is 2.62. The summed E-state index contributed by atoms with van der Waals surface area (Å²) in [5.74, 6) is -0.565. The maximum Gasteiger partial charge on any atom is 0.282 e. The largest absolute Gasteiger partial charge is 0.366 e. The van der Waals surface area contributed by atoms with E-state index in [0.29, 0.717) is 11.3 Å². The molecule has 0 aliphatic carbocycles. The molecule has 126 valence electrons. The maximum absolute atomic E-state index is 12.4. The monoisotopic (exact) mass is 390 g/mol. The van der Waals surface area contributed by atoms with E-state index in [2.05, 4.69) is 21.2 Å². The van der Waals surface area contributed by atoms with Gasteiger partial charge in [0.25, 0.3) is 5.91 Å². The van der Waals surface area contributed by atoms with Crippen LogP contribution in [0.2, 0.25) is 0 Å². The maximum atomic E-state index is 12.4. The molecule has 0 radical (unpaired) electrons. The van der Waals surface area contributed by atoms with Gasteiger partial charge >= 0.3 is 0 Å². The lowest BCUT2D eigenvalue weighted by atomic mass is 10.1. The van der Waals surface area contributed by atoms with Gasteiger partial charge in [-0.25, -0.2) is 0 Å². The summed E-state index contributed by atoms with van der Waals surface area (Å²) in [7, 11) is 1.99. The molecule has 2 aromatic carbocycles. The molecular weight excluding hydrogens is 370 g/mol. The normalized spacial score (nSPS) is 13.1. The quantitative estimate of drug-likeness (QED) is 0.700. The highest BCUT2D eigenvalue weighted by Crippen LogP contribution is 2.14. The van der Waals surface area contributed by atoms with Crippen molar-refractivity contribution >= 4 is 33.4 Å². The highest BCUT2D eigenvalue weighted by atomic mass is 79.9. The fourth-order valence-corrected chi connectivity index (χ4v) is 2.71. The summed E-state index contributed by atoms with van der Waals surface area (Å²) < 4.78 is 1.04. The van der Waals surface area contributed by atoms with Crippen LogP contribution in [-0.2, 0) is 11.3 Å². The zero-order valence-corrected chi connectivity index (χ0v) is 15.3. The number of hydrogen-bond donors (Lipinski definition) is 3. The Morgan fingerprint density at radius 3 is 2.38 bits per heavy atom. The molecule has 0 saturated heterocycles.